The molecule has 6 heteroatoms. The lowest BCUT2D eigenvalue weighted by atomic mass is 10.0. The Balaban J connectivity index is 1.68. The van der Waals surface area contributed by atoms with Gasteiger partial charge in [-0.3, -0.25) is 9.59 Å². The van der Waals surface area contributed by atoms with Crippen molar-refractivity contribution in [2.24, 2.45) is 0 Å². The van der Waals surface area contributed by atoms with Crippen molar-refractivity contribution >= 4 is 23.2 Å². The second-order valence-corrected chi connectivity index (χ2v) is 7.08. The Hall–Kier alpha value is -2.34. The van der Waals surface area contributed by atoms with E-state index in [0.717, 1.165) is 30.7 Å². The van der Waals surface area contributed by atoms with Crippen LogP contribution in [0.25, 0.3) is 0 Å². The summed E-state index contributed by atoms with van der Waals surface area (Å²) in [7, 11) is 1.64. The van der Waals surface area contributed by atoms with Gasteiger partial charge in [0.05, 0.1) is 18.0 Å². The summed E-state index contributed by atoms with van der Waals surface area (Å²) in [6.07, 6.45) is 1.90. The number of methoxy groups -OCH3 is 1. The molecular formula is C19H22N2O3S. The Labute approximate surface area is 151 Å². The summed E-state index contributed by atoms with van der Waals surface area (Å²) in [4.78, 5) is 27.5. The fraction of sp³-hybridized carbons (Fsp3) is 0.368. The standard InChI is InChI=1S/C19H22N2O3S/c1-13(20-18(22)17-6-4-12-25-17)19(23)21-11-3-5-16(21)14-7-9-15(24-2)10-8-14/h4,6-10,12-13,16H,3,5,11H2,1-2H3,(H,20,22)/t13-,16+/m1/s1. The Morgan fingerprint density at radius 3 is 2.68 bits per heavy atom. The molecule has 132 valence electrons. The van der Waals surface area contributed by atoms with Crippen LogP contribution in [0.1, 0.15) is 41.0 Å². The number of likely N-dealkylation sites (tertiary alicyclic amines) is 1. The van der Waals surface area contributed by atoms with Crippen LogP contribution in [0.2, 0.25) is 0 Å². The van der Waals surface area contributed by atoms with Gasteiger partial charge in [0.25, 0.3) is 5.91 Å². The monoisotopic (exact) mass is 358 g/mol. The number of carbonyl (C=O) groups is 2. The number of nitrogens with one attached hydrogen (secondary N) is 1. The number of rotatable bonds is 5. The molecule has 1 aliphatic rings. The second-order valence-electron chi connectivity index (χ2n) is 6.14. The molecule has 0 unspecified atom stereocenters. The lowest BCUT2D eigenvalue weighted by Crippen LogP contribution is -2.46. The van der Waals surface area contributed by atoms with E-state index in [-0.39, 0.29) is 17.9 Å². The molecule has 2 amide bonds. The van der Waals surface area contributed by atoms with Gasteiger partial charge in [0, 0.05) is 6.54 Å². The number of carbonyl (C=O) groups excluding carboxylic acids is 2. The number of nitrogens with zero attached hydrogens (tertiary/aromatic N) is 1. The first-order valence-corrected chi connectivity index (χ1v) is 9.27. The topological polar surface area (TPSA) is 58.6 Å². The highest BCUT2D eigenvalue weighted by molar-refractivity contribution is 7.12. The summed E-state index contributed by atoms with van der Waals surface area (Å²) in [5.74, 6) is 0.565. The lowest BCUT2D eigenvalue weighted by molar-refractivity contribution is -0.133. The molecular weight excluding hydrogens is 336 g/mol. The average Bonchev–Trinajstić information content (AvgIpc) is 3.32. The fourth-order valence-corrected chi connectivity index (χ4v) is 3.82. The van der Waals surface area contributed by atoms with Crippen LogP contribution in [0.15, 0.2) is 41.8 Å². The molecule has 1 fully saturated rings. The lowest BCUT2D eigenvalue weighted by Gasteiger charge is -2.28. The quantitative estimate of drug-likeness (QED) is 0.893. The maximum absolute atomic E-state index is 12.8. The summed E-state index contributed by atoms with van der Waals surface area (Å²) in [5, 5.41) is 4.66. The van der Waals surface area contributed by atoms with Crippen molar-refractivity contribution in [3.8, 4) is 5.75 Å². The first kappa shape index (κ1) is 17.5. The van der Waals surface area contributed by atoms with Crippen molar-refractivity contribution in [2.45, 2.75) is 31.8 Å². The Morgan fingerprint density at radius 2 is 2.04 bits per heavy atom. The summed E-state index contributed by atoms with van der Waals surface area (Å²) in [6, 6.07) is 10.9. The highest BCUT2D eigenvalue weighted by Gasteiger charge is 2.33. The van der Waals surface area contributed by atoms with E-state index < -0.39 is 6.04 Å². The van der Waals surface area contributed by atoms with E-state index in [1.165, 1.54) is 11.3 Å². The zero-order chi connectivity index (χ0) is 17.8. The zero-order valence-electron chi connectivity index (χ0n) is 14.4. The minimum Gasteiger partial charge on any atom is -0.497 e. The predicted octanol–water partition coefficient (Wildman–Crippen LogP) is 3.24. The van der Waals surface area contributed by atoms with Gasteiger partial charge in [0.1, 0.15) is 11.8 Å². The van der Waals surface area contributed by atoms with Gasteiger partial charge in [-0.05, 0) is 48.9 Å². The molecule has 1 saturated heterocycles. The van der Waals surface area contributed by atoms with Crippen LogP contribution in [-0.2, 0) is 4.79 Å². The second kappa shape index (κ2) is 7.70. The maximum Gasteiger partial charge on any atom is 0.261 e. The predicted molar refractivity (Wildman–Crippen MR) is 97.9 cm³/mol. The first-order valence-electron chi connectivity index (χ1n) is 8.39. The van der Waals surface area contributed by atoms with Gasteiger partial charge >= 0.3 is 0 Å². The number of hydrogen-bond donors (Lipinski definition) is 1. The van der Waals surface area contributed by atoms with Crippen molar-refractivity contribution in [3.05, 3.63) is 52.2 Å². The van der Waals surface area contributed by atoms with Gasteiger partial charge in [-0.15, -0.1) is 11.3 Å². The van der Waals surface area contributed by atoms with Gasteiger partial charge in [0.2, 0.25) is 5.91 Å². The van der Waals surface area contributed by atoms with Crippen molar-refractivity contribution in [1.29, 1.82) is 0 Å². The molecule has 5 nitrogen and oxygen atoms in total. The molecule has 0 saturated carbocycles. The van der Waals surface area contributed by atoms with Crippen LogP contribution in [0.5, 0.6) is 5.75 Å². The minimum atomic E-state index is -0.548. The molecule has 1 aromatic heterocycles. The largest absolute Gasteiger partial charge is 0.497 e. The number of hydrogen-bond acceptors (Lipinski definition) is 4. The molecule has 0 bridgehead atoms. The van der Waals surface area contributed by atoms with Crippen LogP contribution >= 0.6 is 11.3 Å². The van der Waals surface area contributed by atoms with Crippen LogP contribution < -0.4 is 10.1 Å². The number of thiophene rings is 1. The van der Waals surface area contributed by atoms with Crippen LogP contribution in [0.4, 0.5) is 0 Å². The summed E-state index contributed by atoms with van der Waals surface area (Å²) < 4.78 is 5.20. The normalized spacial score (nSPS) is 18.0. The zero-order valence-corrected chi connectivity index (χ0v) is 15.2. The van der Waals surface area contributed by atoms with Gasteiger partial charge in [-0.25, -0.2) is 0 Å². The van der Waals surface area contributed by atoms with Crippen molar-refractivity contribution in [2.75, 3.05) is 13.7 Å². The van der Waals surface area contributed by atoms with Crippen LogP contribution in [-0.4, -0.2) is 36.4 Å². The van der Waals surface area contributed by atoms with E-state index in [4.69, 9.17) is 4.74 Å². The maximum atomic E-state index is 12.8. The Kier molecular flexibility index (Phi) is 5.38. The SMILES string of the molecule is COc1ccc([C@@H]2CCCN2C(=O)[C@@H](C)NC(=O)c2cccs2)cc1. The number of ether oxygens (including phenoxy) is 1. The van der Waals surface area contributed by atoms with Crippen LogP contribution in [0.3, 0.4) is 0 Å². The highest BCUT2D eigenvalue weighted by atomic mass is 32.1. The fourth-order valence-electron chi connectivity index (χ4n) is 3.19. The molecule has 1 N–H and O–H groups in total. The molecule has 0 radical (unpaired) electrons. The molecule has 0 aliphatic carbocycles. The Bertz CT molecular complexity index is 728. The number of amides is 2. The number of benzene rings is 1. The summed E-state index contributed by atoms with van der Waals surface area (Å²) >= 11 is 1.37. The first-order chi connectivity index (χ1) is 12.1. The van der Waals surface area contributed by atoms with Crippen LogP contribution in [0, 0.1) is 0 Å². The van der Waals surface area contributed by atoms with E-state index in [2.05, 4.69) is 5.32 Å². The molecule has 0 spiro atoms. The van der Waals surface area contributed by atoms with Gasteiger partial charge in [-0.1, -0.05) is 18.2 Å². The van der Waals surface area contributed by atoms with E-state index in [1.54, 1.807) is 20.1 Å². The van der Waals surface area contributed by atoms with E-state index >= 15 is 0 Å². The average molecular weight is 358 g/mol. The molecule has 2 atom stereocenters. The van der Waals surface area contributed by atoms with E-state index in [0.29, 0.717) is 4.88 Å². The summed E-state index contributed by atoms with van der Waals surface area (Å²) in [5.41, 5.74) is 1.10. The third-order valence-corrected chi connectivity index (χ3v) is 5.37. The third-order valence-electron chi connectivity index (χ3n) is 4.50. The molecule has 25 heavy (non-hydrogen) atoms. The third kappa shape index (κ3) is 3.85. The van der Waals surface area contributed by atoms with Crippen molar-refractivity contribution in [1.82, 2.24) is 10.2 Å². The Morgan fingerprint density at radius 1 is 1.28 bits per heavy atom. The van der Waals surface area contributed by atoms with Gasteiger partial charge in [0.15, 0.2) is 0 Å². The molecule has 1 aromatic carbocycles. The molecule has 3 rings (SSSR count). The molecule has 2 aromatic rings. The molecule has 2 heterocycles. The van der Waals surface area contributed by atoms with E-state index in [1.807, 2.05) is 40.6 Å². The summed E-state index contributed by atoms with van der Waals surface area (Å²) in [6.45, 7) is 2.46. The van der Waals surface area contributed by atoms with Crippen molar-refractivity contribution < 1.29 is 14.3 Å². The minimum absolute atomic E-state index is 0.0387. The van der Waals surface area contributed by atoms with Gasteiger partial charge < -0.3 is 15.0 Å². The van der Waals surface area contributed by atoms with Gasteiger partial charge in [-0.2, -0.15) is 0 Å². The highest BCUT2D eigenvalue weighted by Crippen LogP contribution is 2.33. The molecule has 1 aliphatic heterocycles. The van der Waals surface area contributed by atoms with E-state index in [9.17, 15) is 9.59 Å². The smallest absolute Gasteiger partial charge is 0.261 e. The van der Waals surface area contributed by atoms with Crippen molar-refractivity contribution in [3.63, 3.8) is 0 Å².